The Morgan fingerprint density at radius 3 is 2.48 bits per heavy atom. The molecule has 5 atom stereocenters. The summed E-state index contributed by atoms with van der Waals surface area (Å²) in [7, 11) is 1.28. The summed E-state index contributed by atoms with van der Waals surface area (Å²) in [6.45, 7) is 0.127. The van der Waals surface area contributed by atoms with Crippen molar-refractivity contribution in [1.82, 2.24) is 0 Å². The molecule has 1 aromatic carbocycles. The van der Waals surface area contributed by atoms with E-state index in [2.05, 4.69) is 0 Å². The molecule has 1 heterocycles. The summed E-state index contributed by atoms with van der Waals surface area (Å²) in [5, 5.41) is 29.1. The van der Waals surface area contributed by atoms with Crippen LogP contribution in [-0.4, -0.2) is 59.1 Å². The van der Waals surface area contributed by atoms with E-state index in [0.29, 0.717) is 0 Å². The Balaban J connectivity index is 2.08. The predicted molar refractivity (Wildman–Crippen MR) is 70.3 cm³/mol. The Kier molecular flexibility index (Phi) is 5.27. The number of benzene rings is 1. The number of carboxylic acids is 1. The number of aliphatic hydroxyl groups is 2. The highest BCUT2D eigenvalue weighted by atomic mass is 16.7. The van der Waals surface area contributed by atoms with E-state index in [-0.39, 0.29) is 6.61 Å². The summed E-state index contributed by atoms with van der Waals surface area (Å²) >= 11 is 0. The van der Waals surface area contributed by atoms with Gasteiger partial charge in [-0.3, -0.25) is 0 Å². The highest BCUT2D eigenvalue weighted by Crippen LogP contribution is 2.25. The first-order valence-electron chi connectivity index (χ1n) is 6.47. The van der Waals surface area contributed by atoms with Crippen molar-refractivity contribution in [2.75, 3.05) is 7.11 Å². The monoisotopic (exact) mass is 298 g/mol. The molecule has 7 nitrogen and oxygen atoms in total. The topological polar surface area (TPSA) is 105 Å². The lowest BCUT2D eigenvalue weighted by Crippen LogP contribution is -2.61. The third-order valence-electron chi connectivity index (χ3n) is 3.30. The molecular formula is C14H18O7. The zero-order valence-corrected chi connectivity index (χ0v) is 11.5. The minimum absolute atomic E-state index is 0.127. The molecule has 0 radical (unpaired) electrons. The Labute approximate surface area is 121 Å². The normalized spacial score (nSPS) is 32.8. The van der Waals surface area contributed by atoms with Gasteiger partial charge >= 0.3 is 5.97 Å². The zero-order valence-electron chi connectivity index (χ0n) is 11.5. The van der Waals surface area contributed by atoms with Crippen LogP contribution in [0.25, 0.3) is 0 Å². The number of hydrogen-bond donors (Lipinski definition) is 3. The zero-order chi connectivity index (χ0) is 15.4. The Hall–Kier alpha value is -1.51. The van der Waals surface area contributed by atoms with Crippen LogP contribution in [0.1, 0.15) is 5.56 Å². The molecule has 1 saturated heterocycles. The van der Waals surface area contributed by atoms with Crippen molar-refractivity contribution >= 4 is 5.97 Å². The van der Waals surface area contributed by atoms with E-state index in [4.69, 9.17) is 19.3 Å². The highest BCUT2D eigenvalue weighted by Gasteiger charge is 2.48. The fourth-order valence-electron chi connectivity index (χ4n) is 2.20. The van der Waals surface area contributed by atoms with Crippen molar-refractivity contribution in [2.45, 2.75) is 37.3 Å². The van der Waals surface area contributed by atoms with Gasteiger partial charge < -0.3 is 29.5 Å². The fourth-order valence-corrected chi connectivity index (χ4v) is 2.20. The van der Waals surface area contributed by atoms with Gasteiger partial charge in [0.1, 0.15) is 18.3 Å². The molecular weight excluding hydrogens is 280 g/mol. The van der Waals surface area contributed by atoms with Crippen LogP contribution in [0.3, 0.4) is 0 Å². The Morgan fingerprint density at radius 1 is 1.24 bits per heavy atom. The molecule has 0 aliphatic carbocycles. The van der Waals surface area contributed by atoms with Gasteiger partial charge in [0.2, 0.25) is 0 Å². The SMILES string of the molecule is CO[C@@H]1O[C@@H](C(=O)O)[C@@H](O)[C@H](OCc2ccccc2)[C@H]1O. The van der Waals surface area contributed by atoms with Gasteiger partial charge in [0.25, 0.3) is 0 Å². The number of aliphatic carboxylic acids is 1. The van der Waals surface area contributed by atoms with Crippen molar-refractivity contribution in [3.8, 4) is 0 Å². The quantitative estimate of drug-likeness (QED) is 0.688. The summed E-state index contributed by atoms with van der Waals surface area (Å²) in [5.41, 5.74) is 0.837. The summed E-state index contributed by atoms with van der Waals surface area (Å²) in [6, 6.07) is 9.14. The summed E-state index contributed by atoms with van der Waals surface area (Å²) in [5.74, 6) is -1.34. The minimum Gasteiger partial charge on any atom is -0.479 e. The predicted octanol–water partition coefficient (Wildman–Crippen LogP) is -0.251. The first-order valence-corrected chi connectivity index (χ1v) is 6.47. The largest absolute Gasteiger partial charge is 0.479 e. The second-order valence-corrected chi connectivity index (χ2v) is 4.74. The van der Waals surface area contributed by atoms with Crippen molar-refractivity contribution in [2.24, 2.45) is 0 Å². The van der Waals surface area contributed by atoms with E-state index < -0.39 is 36.7 Å². The third kappa shape index (κ3) is 3.58. The molecule has 1 fully saturated rings. The molecule has 0 amide bonds. The van der Waals surface area contributed by atoms with Gasteiger partial charge in [0, 0.05) is 7.11 Å². The van der Waals surface area contributed by atoms with E-state index >= 15 is 0 Å². The molecule has 0 saturated carbocycles. The highest BCUT2D eigenvalue weighted by molar-refractivity contribution is 5.73. The van der Waals surface area contributed by atoms with Crippen LogP contribution in [-0.2, 0) is 25.6 Å². The number of methoxy groups -OCH3 is 1. The van der Waals surface area contributed by atoms with Gasteiger partial charge in [-0.2, -0.15) is 0 Å². The van der Waals surface area contributed by atoms with Crippen LogP contribution >= 0.6 is 0 Å². The van der Waals surface area contributed by atoms with Crippen LogP contribution in [0, 0.1) is 0 Å². The molecule has 116 valence electrons. The summed E-state index contributed by atoms with van der Waals surface area (Å²) in [6.07, 6.45) is -6.59. The summed E-state index contributed by atoms with van der Waals surface area (Å²) < 4.78 is 15.4. The second kappa shape index (κ2) is 6.97. The fraction of sp³-hybridized carbons (Fsp3) is 0.500. The van der Waals surface area contributed by atoms with Crippen LogP contribution in [0.4, 0.5) is 0 Å². The van der Waals surface area contributed by atoms with E-state index in [9.17, 15) is 15.0 Å². The lowest BCUT2D eigenvalue weighted by molar-refractivity contribution is -0.296. The minimum atomic E-state index is -1.51. The maximum Gasteiger partial charge on any atom is 0.335 e. The third-order valence-corrected chi connectivity index (χ3v) is 3.30. The molecule has 0 spiro atoms. The smallest absolute Gasteiger partial charge is 0.335 e. The second-order valence-electron chi connectivity index (χ2n) is 4.74. The molecule has 3 N–H and O–H groups in total. The van der Waals surface area contributed by atoms with Gasteiger partial charge in [-0.15, -0.1) is 0 Å². The Bertz CT molecular complexity index is 464. The van der Waals surface area contributed by atoms with Crippen molar-refractivity contribution in [3.63, 3.8) is 0 Å². The average molecular weight is 298 g/mol. The van der Waals surface area contributed by atoms with Gasteiger partial charge in [-0.1, -0.05) is 30.3 Å². The molecule has 1 aliphatic heterocycles. The van der Waals surface area contributed by atoms with Crippen LogP contribution in [0.2, 0.25) is 0 Å². The van der Waals surface area contributed by atoms with Crippen LogP contribution in [0.5, 0.6) is 0 Å². The molecule has 7 heteroatoms. The average Bonchev–Trinajstić information content (AvgIpc) is 2.48. The number of carboxylic acid groups (broad SMARTS) is 1. The first kappa shape index (κ1) is 15.9. The van der Waals surface area contributed by atoms with Crippen molar-refractivity contribution in [3.05, 3.63) is 35.9 Å². The molecule has 1 aliphatic rings. The number of hydrogen-bond acceptors (Lipinski definition) is 6. The maximum absolute atomic E-state index is 11.1. The first-order chi connectivity index (χ1) is 10.0. The molecule has 0 bridgehead atoms. The Morgan fingerprint density at radius 2 is 1.90 bits per heavy atom. The lowest BCUT2D eigenvalue weighted by Gasteiger charge is -2.40. The number of ether oxygens (including phenoxy) is 3. The van der Waals surface area contributed by atoms with Crippen molar-refractivity contribution in [1.29, 1.82) is 0 Å². The van der Waals surface area contributed by atoms with E-state index in [1.165, 1.54) is 7.11 Å². The lowest BCUT2D eigenvalue weighted by atomic mass is 9.98. The summed E-state index contributed by atoms with van der Waals surface area (Å²) in [4.78, 5) is 11.1. The molecule has 2 rings (SSSR count). The molecule has 0 aromatic heterocycles. The number of carbonyl (C=O) groups is 1. The van der Waals surface area contributed by atoms with Crippen molar-refractivity contribution < 1.29 is 34.3 Å². The number of aliphatic hydroxyl groups excluding tert-OH is 2. The number of rotatable bonds is 5. The molecule has 1 aromatic rings. The van der Waals surface area contributed by atoms with E-state index in [1.807, 2.05) is 30.3 Å². The van der Waals surface area contributed by atoms with Gasteiger partial charge in [-0.25, -0.2) is 4.79 Å². The van der Waals surface area contributed by atoms with Gasteiger partial charge in [0.15, 0.2) is 12.4 Å². The molecule has 21 heavy (non-hydrogen) atoms. The maximum atomic E-state index is 11.1. The van der Waals surface area contributed by atoms with Crippen LogP contribution < -0.4 is 0 Å². The van der Waals surface area contributed by atoms with Crippen LogP contribution in [0.15, 0.2) is 30.3 Å². The van der Waals surface area contributed by atoms with Gasteiger partial charge in [0.05, 0.1) is 6.61 Å². The standard InChI is InChI=1S/C14H18O7/c1-19-14-10(16)11(9(15)12(21-14)13(17)18)20-7-8-5-3-2-4-6-8/h2-6,9-12,14-16H,7H2,1H3,(H,17,18)/t9-,10+,11-,12+,14+/m0/s1. The van der Waals surface area contributed by atoms with E-state index in [1.54, 1.807) is 0 Å². The molecule has 0 unspecified atom stereocenters. The van der Waals surface area contributed by atoms with E-state index in [0.717, 1.165) is 5.56 Å². The van der Waals surface area contributed by atoms with Gasteiger partial charge in [-0.05, 0) is 5.56 Å².